The van der Waals surface area contributed by atoms with E-state index in [1.807, 2.05) is 11.9 Å². The largest absolute Gasteiger partial charge is 0.481 e. The number of nitrogens with one attached hydrogen (secondary N) is 2. The predicted octanol–water partition coefficient (Wildman–Crippen LogP) is 4.55. The molecule has 9 heteroatoms. The summed E-state index contributed by atoms with van der Waals surface area (Å²) in [5, 5.41) is 14.7. The zero-order valence-corrected chi connectivity index (χ0v) is 20.2. The van der Waals surface area contributed by atoms with Crippen LogP contribution in [0.1, 0.15) is 37.8 Å². The van der Waals surface area contributed by atoms with Crippen LogP contribution in [-0.2, 0) is 14.3 Å². The molecule has 2 unspecified atom stereocenters. The van der Waals surface area contributed by atoms with Gasteiger partial charge in [0.2, 0.25) is 5.91 Å². The number of carbonyl (C=O) groups is 3. The number of halogens is 1. The van der Waals surface area contributed by atoms with Gasteiger partial charge in [-0.2, -0.15) is 0 Å². The van der Waals surface area contributed by atoms with E-state index in [-0.39, 0.29) is 11.5 Å². The Hall–Kier alpha value is -3.72. The number of carboxylic acids is 1. The predicted molar refractivity (Wildman–Crippen MR) is 132 cm³/mol. The Balaban J connectivity index is 1.68. The smallest absolute Gasteiger partial charge is 0.412 e. The van der Waals surface area contributed by atoms with Crippen LogP contribution >= 0.6 is 0 Å². The number of para-hydroxylation sites is 2. The molecule has 186 valence electrons. The Morgan fingerprint density at radius 3 is 2.34 bits per heavy atom. The maximum Gasteiger partial charge on any atom is 0.412 e. The molecule has 0 radical (unpaired) electrons. The van der Waals surface area contributed by atoms with Crippen molar-refractivity contribution in [3.05, 3.63) is 65.5 Å². The third-order valence-electron chi connectivity index (χ3n) is 5.51. The number of hydrogen-bond donors (Lipinski definition) is 3. The zero-order chi connectivity index (χ0) is 25.8. The van der Waals surface area contributed by atoms with E-state index >= 15 is 0 Å². The van der Waals surface area contributed by atoms with Crippen molar-refractivity contribution >= 4 is 35.4 Å². The van der Waals surface area contributed by atoms with Crippen LogP contribution in [-0.4, -0.2) is 53.7 Å². The highest BCUT2D eigenvalue weighted by molar-refractivity contribution is 6.05. The van der Waals surface area contributed by atoms with Gasteiger partial charge in [0.25, 0.3) is 0 Å². The number of carboxylic acid groups (broad SMARTS) is 1. The van der Waals surface area contributed by atoms with Crippen molar-refractivity contribution in [1.29, 1.82) is 0 Å². The fourth-order valence-corrected chi connectivity index (χ4v) is 3.95. The summed E-state index contributed by atoms with van der Waals surface area (Å²) >= 11 is 0. The highest BCUT2D eigenvalue weighted by atomic mass is 19.1. The number of nitrogens with zero attached hydrogens (tertiary/aromatic N) is 1. The van der Waals surface area contributed by atoms with E-state index in [0.717, 1.165) is 0 Å². The molecule has 1 heterocycles. The molecule has 0 spiro atoms. The number of amides is 2. The topological polar surface area (TPSA) is 108 Å². The molecule has 0 saturated carbocycles. The molecular formula is C26H30FN3O5. The molecule has 1 saturated heterocycles. The van der Waals surface area contributed by atoms with Crippen molar-refractivity contribution in [1.82, 2.24) is 4.90 Å². The van der Waals surface area contributed by atoms with Crippen LogP contribution in [0.5, 0.6) is 0 Å². The van der Waals surface area contributed by atoms with Gasteiger partial charge in [-0.25, -0.2) is 9.18 Å². The van der Waals surface area contributed by atoms with Gasteiger partial charge in [-0.1, -0.05) is 24.3 Å². The lowest BCUT2D eigenvalue weighted by atomic mass is 9.88. The van der Waals surface area contributed by atoms with Gasteiger partial charge in [0.15, 0.2) is 0 Å². The van der Waals surface area contributed by atoms with Gasteiger partial charge in [-0.15, -0.1) is 0 Å². The summed E-state index contributed by atoms with van der Waals surface area (Å²) in [4.78, 5) is 38.0. The summed E-state index contributed by atoms with van der Waals surface area (Å²) in [5.41, 5.74) is 0.847. The summed E-state index contributed by atoms with van der Waals surface area (Å²) in [6, 6.07) is 11.2. The first kappa shape index (κ1) is 25.9. The van der Waals surface area contributed by atoms with E-state index in [1.54, 1.807) is 51.1 Å². The lowest BCUT2D eigenvalue weighted by Crippen LogP contribution is -2.27. The van der Waals surface area contributed by atoms with E-state index in [1.165, 1.54) is 24.3 Å². The van der Waals surface area contributed by atoms with Gasteiger partial charge in [0, 0.05) is 30.6 Å². The van der Waals surface area contributed by atoms with Crippen molar-refractivity contribution < 1.29 is 28.6 Å². The number of ether oxygens (including phenoxy) is 1. The number of rotatable bonds is 6. The Morgan fingerprint density at radius 1 is 1.09 bits per heavy atom. The van der Waals surface area contributed by atoms with Crippen LogP contribution in [0.4, 0.5) is 20.6 Å². The third-order valence-corrected chi connectivity index (χ3v) is 5.51. The number of carbonyl (C=O) groups excluding carboxylic acids is 2. The van der Waals surface area contributed by atoms with E-state index in [0.29, 0.717) is 30.0 Å². The number of likely N-dealkylation sites (tertiary alicyclic amines) is 1. The van der Waals surface area contributed by atoms with Crippen LogP contribution in [0.15, 0.2) is 48.5 Å². The Labute approximate surface area is 203 Å². The standard InChI is InChI=1S/C26H30FN3O5/c1-26(2,3)35-25(34)29-22-8-6-5-7-21(22)28-23(31)12-11-16-9-10-17(13-20(16)27)18-14-30(4)15-19(18)24(32)33/h5-13,18-19H,14-15H2,1-4H3,(H,28,31)(H,29,34)(H,32,33)/b12-11+. The first-order chi connectivity index (χ1) is 16.4. The molecule has 0 aromatic heterocycles. The SMILES string of the molecule is CN1CC(C(=O)O)C(c2ccc(/C=C/C(=O)Nc3ccccc3NC(=O)OC(C)(C)C)c(F)c2)C1. The van der Waals surface area contributed by atoms with Gasteiger partial charge in [-0.05, 0) is 57.7 Å². The number of hydrogen-bond acceptors (Lipinski definition) is 5. The number of aliphatic carboxylic acids is 1. The van der Waals surface area contributed by atoms with Crippen LogP contribution in [0.25, 0.3) is 6.08 Å². The second-order valence-corrected chi connectivity index (χ2v) is 9.55. The van der Waals surface area contributed by atoms with Crippen LogP contribution in [0.2, 0.25) is 0 Å². The van der Waals surface area contributed by atoms with Crippen molar-refractivity contribution in [3.8, 4) is 0 Å². The molecule has 3 rings (SSSR count). The highest BCUT2D eigenvalue weighted by Gasteiger charge is 2.37. The number of anilines is 2. The average Bonchev–Trinajstić information content (AvgIpc) is 3.15. The molecule has 2 aromatic carbocycles. The summed E-state index contributed by atoms with van der Waals surface area (Å²) in [7, 11) is 1.84. The van der Waals surface area contributed by atoms with Crippen molar-refractivity contribution in [2.75, 3.05) is 30.8 Å². The summed E-state index contributed by atoms with van der Waals surface area (Å²) in [5.74, 6) is -2.86. The summed E-state index contributed by atoms with van der Waals surface area (Å²) in [6.45, 7) is 6.17. The summed E-state index contributed by atoms with van der Waals surface area (Å²) < 4.78 is 20.0. The van der Waals surface area contributed by atoms with Gasteiger partial charge in [0.05, 0.1) is 17.3 Å². The maximum atomic E-state index is 14.7. The van der Waals surface area contributed by atoms with Gasteiger partial charge < -0.3 is 20.1 Å². The average molecular weight is 484 g/mol. The lowest BCUT2D eigenvalue weighted by Gasteiger charge is -2.20. The first-order valence-corrected chi connectivity index (χ1v) is 11.2. The fraction of sp³-hybridized carbons (Fsp3) is 0.346. The lowest BCUT2D eigenvalue weighted by molar-refractivity contribution is -0.141. The molecule has 0 bridgehead atoms. The molecule has 1 aliphatic rings. The fourth-order valence-electron chi connectivity index (χ4n) is 3.95. The van der Waals surface area contributed by atoms with E-state index in [2.05, 4.69) is 10.6 Å². The first-order valence-electron chi connectivity index (χ1n) is 11.2. The van der Waals surface area contributed by atoms with E-state index < -0.39 is 35.3 Å². The molecule has 0 aliphatic carbocycles. The van der Waals surface area contributed by atoms with Gasteiger partial charge >= 0.3 is 12.1 Å². The molecule has 2 aromatic rings. The molecule has 2 atom stereocenters. The van der Waals surface area contributed by atoms with E-state index in [9.17, 15) is 23.9 Å². The van der Waals surface area contributed by atoms with Crippen LogP contribution < -0.4 is 10.6 Å². The molecule has 3 N–H and O–H groups in total. The van der Waals surface area contributed by atoms with Crippen LogP contribution in [0, 0.1) is 11.7 Å². The maximum absolute atomic E-state index is 14.7. The number of likely N-dealkylation sites (N-methyl/N-ethyl adjacent to an activating group) is 1. The Bertz CT molecular complexity index is 1140. The van der Waals surface area contributed by atoms with Crippen molar-refractivity contribution in [2.24, 2.45) is 5.92 Å². The molecule has 35 heavy (non-hydrogen) atoms. The molecular weight excluding hydrogens is 453 g/mol. The monoisotopic (exact) mass is 483 g/mol. The quantitative estimate of drug-likeness (QED) is 0.520. The normalized spacial score (nSPS) is 18.4. The zero-order valence-electron chi connectivity index (χ0n) is 20.2. The minimum Gasteiger partial charge on any atom is -0.481 e. The van der Waals surface area contributed by atoms with E-state index in [4.69, 9.17) is 4.74 Å². The molecule has 1 fully saturated rings. The van der Waals surface area contributed by atoms with Crippen LogP contribution in [0.3, 0.4) is 0 Å². The van der Waals surface area contributed by atoms with Crippen molar-refractivity contribution in [3.63, 3.8) is 0 Å². The minimum absolute atomic E-state index is 0.197. The molecule has 8 nitrogen and oxygen atoms in total. The second-order valence-electron chi connectivity index (χ2n) is 9.55. The van der Waals surface area contributed by atoms with Gasteiger partial charge in [0.1, 0.15) is 11.4 Å². The molecule has 2 amide bonds. The minimum atomic E-state index is -0.901. The second kappa shape index (κ2) is 10.7. The highest BCUT2D eigenvalue weighted by Crippen LogP contribution is 2.33. The summed E-state index contributed by atoms with van der Waals surface area (Å²) in [6.07, 6.45) is 1.87. The van der Waals surface area contributed by atoms with Crippen molar-refractivity contribution in [2.45, 2.75) is 32.3 Å². The Kier molecular flexibility index (Phi) is 7.91. The van der Waals surface area contributed by atoms with Gasteiger partial charge in [-0.3, -0.25) is 14.9 Å². The number of benzene rings is 2. The Morgan fingerprint density at radius 2 is 1.74 bits per heavy atom. The third kappa shape index (κ3) is 7.13. The molecule has 1 aliphatic heterocycles.